The highest BCUT2D eigenvalue weighted by Crippen LogP contribution is 2.32. The lowest BCUT2D eigenvalue weighted by molar-refractivity contribution is -0.197. The van der Waals surface area contributed by atoms with Crippen LogP contribution in [0.1, 0.15) is 31.2 Å². The van der Waals surface area contributed by atoms with Gasteiger partial charge in [-0.1, -0.05) is 0 Å². The van der Waals surface area contributed by atoms with E-state index in [1.165, 1.54) is 11.6 Å². The summed E-state index contributed by atoms with van der Waals surface area (Å²) >= 11 is 0. The van der Waals surface area contributed by atoms with Crippen LogP contribution in [-0.4, -0.2) is 51.3 Å². The second-order valence-corrected chi connectivity index (χ2v) is 6.16. The Kier molecular flexibility index (Phi) is 5.19. The highest BCUT2D eigenvalue weighted by Gasteiger charge is 2.48. The predicted molar refractivity (Wildman–Crippen MR) is 80.1 cm³/mol. The molecule has 1 aliphatic rings. The van der Waals surface area contributed by atoms with Gasteiger partial charge in [0.1, 0.15) is 12.6 Å². The summed E-state index contributed by atoms with van der Waals surface area (Å²) in [4.78, 5) is 24.4. The second kappa shape index (κ2) is 6.82. The van der Waals surface area contributed by atoms with E-state index >= 15 is 0 Å². The van der Waals surface area contributed by atoms with Crippen molar-refractivity contribution in [2.45, 2.75) is 58.4 Å². The summed E-state index contributed by atoms with van der Waals surface area (Å²) in [6, 6.07) is -0.539. The fourth-order valence-electron chi connectivity index (χ4n) is 3.05. The van der Waals surface area contributed by atoms with Crippen molar-refractivity contribution in [3.63, 3.8) is 0 Å². The van der Waals surface area contributed by atoms with Gasteiger partial charge in [-0.25, -0.2) is 0 Å². The first-order valence-corrected chi connectivity index (χ1v) is 7.72. The van der Waals surface area contributed by atoms with Gasteiger partial charge in [0.2, 0.25) is 11.8 Å². The second-order valence-electron chi connectivity index (χ2n) is 6.16. The summed E-state index contributed by atoms with van der Waals surface area (Å²) < 4.78 is 41.2. The summed E-state index contributed by atoms with van der Waals surface area (Å²) in [5, 5.41) is 6.71. The number of likely N-dealkylation sites (tertiary alicyclic amines) is 1. The third-order valence-electron chi connectivity index (χ3n) is 4.08. The third-order valence-corrected chi connectivity index (χ3v) is 4.08. The number of rotatable bonds is 3. The zero-order chi connectivity index (χ0) is 18.1. The van der Waals surface area contributed by atoms with E-state index in [2.05, 4.69) is 10.4 Å². The van der Waals surface area contributed by atoms with Crippen LogP contribution in [0, 0.1) is 13.8 Å². The molecule has 24 heavy (non-hydrogen) atoms. The standard InChI is InChI=1S/C15H21F3N4O2/c1-9-6-10(2)22(20-9)8-14(24)21-7-12(19-11(3)23)4-5-13(21)15(16,17)18/h6,12-13H,4-5,7-8H2,1-3H3,(H,19,23)/t12-,13+/m0/s1. The molecular formula is C15H21F3N4O2. The molecule has 134 valence electrons. The van der Waals surface area contributed by atoms with Crippen LogP contribution in [0.5, 0.6) is 0 Å². The number of aromatic nitrogens is 2. The van der Waals surface area contributed by atoms with Crippen LogP contribution in [0.4, 0.5) is 13.2 Å². The lowest BCUT2D eigenvalue weighted by Crippen LogP contribution is -2.58. The van der Waals surface area contributed by atoms with Crippen molar-refractivity contribution in [1.82, 2.24) is 20.0 Å². The van der Waals surface area contributed by atoms with Crippen molar-refractivity contribution in [1.29, 1.82) is 0 Å². The molecule has 0 saturated carbocycles. The number of halogens is 3. The largest absolute Gasteiger partial charge is 0.408 e. The SMILES string of the molecule is CC(=O)N[C@H]1CC[C@H](C(F)(F)F)N(C(=O)Cn2nc(C)cc2C)C1. The summed E-state index contributed by atoms with van der Waals surface area (Å²) in [6.07, 6.45) is -4.53. The van der Waals surface area contributed by atoms with Crippen LogP contribution in [0.3, 0.4) is 0 Å². The molecule has 0 radical (unpaired) electrons. The predicted octanol–water partition coefficient (Wildman–Crippen LogP) is 1.56. The van der Waals surface area contributed by atoms with Crippen molar-refractivity contribution in [2.24, 2.45) is 0 Å². The molecule has 1 aromatic heterocycles. The topological polar surface area (TPSA) is 67.2 Å². The van der Waals surface area contributed by atoms with Crippen molar-refractivity contribution in [3.05, 3.63) is 17.5 Å². The van der Waals surface area contributed by atoms with Crippen LogP contribution < -0.4 is 5.32 Å². The summed E-state index contributed by atoms with van der Waals surface area (Å²) in [5.74, 6) is -0.977. The molecule has 9 heteroatoms. The molecule has 1 saturated heterocycles. The van der Waals surface area contributed by atoms with Crippen LogP contribution in [-0.2, 0) is 16.1 Å². The quantitative estimate of drug-likeness (QED) is 0.903. The smallest absolute Gasteiger partial charge is 0.352 e. The maximum absolute atomic E-state index is 13.3. The molecule has 0 aromatic carbocycles. The van der Waals surface area contributed by atoms with Crippen molar-refractivity contribution >= 4 is 11.8 Å². The van der Waals surface area contributed by atoms with Gasteiger partial charge in [0.05, 0.1) is 5.69 Å². The number of amides is 2. The normalized spacial score (nSPS) is 21.7. The molecule has 1 aliphatic heterocycles. The first-order valence-electron chi connectivity index (χ1n) is 7.72. The van der Waals surface area contributed by atoms with E-state index < -0.39 is 24.2 Å². The minimum Gasteiger partial charge on any atom is -0.352 e. The summed E-state index contributed by atoms with van der Waals surface area (Å²) in [7, 11) is 0. The van der Waals surface area contributed by atoms with Gasteiger partial charge in [-0.05, 0) is 32.8 Å². The Labute approximate surface area is 138 Å². The Balaban J connectivity index is 2.17. The van der Waals surface area contributed by atoms with Gasteiger partial charge >= 0.3 is 6.18 Å². The number of alkyl halides is 3. The van der Waals surface area contributed by atoms with Crippen LogP contribution in [0.25, 0.3) is 0 Å². The van der Waals surface area contributed by atoms with Crippen molar-refractivity contribution in [2.75, 3.05) is 6.54 Å². The first-order chi connectivity index (χ1) is 11.1. The van der Waals surface area contributed by atoms with Gasteiger partial charge < -0.3 is 10.2 Å². The lowest BCUT2D eigenvalue weighted by Gasteiger charge is -2.40. The van der Waals surface area contributed by atoms with Gasteiger partial charge in [0.15, 0.2) is 0 Å². The highest BCUT2D eigenvalue weighted by molar-refractivity contribution is 5.77. The van der Waals surface area contributed by atoms with E-state index in [4.69, 9.17) is 0 Å². The molecule has 1 fully saturated rings. The van der Waals surface area contributed by atoms with E-state index in [0.29, 0.717) is 11.4 Å². The number of nitrogens with one attached hydrogen (secondary N) is 1. The van der Waals surface area contributed by atoms with Gasteiger partial charge in [-0.15, -0.1) is 0 Å². The van der Waals surface area contributed by atoms with E-state index in [-0.39, 0.29) is 31.8 Å². The Morgan fingerprint density at radius 1 is 1.33 bits per heavy atom. The minimum absolute atomic E-state index is 0.151. The van der Waals surface area contributed by atoms with Crippen LogP contribution >= 0.6 is 0 Å². The molecule has 0 spiro atoms. The van der Waals surface area contributed by atoms with Crippen molar-refractivity contribution < 1.29 is 22.8 Å². The average molecular weight is 346 g/mol. The zero-order valence-corrected chi connectivity index (χ0v) is 13.9. The number of carbonyl (C=O) groups excluding carboxylic acids is 2. The number of nitrogens with zero attached hydrogens (tertiary/aromatic N) is 3. The van der Waals surface area contributed by atoms with Gasteiger partial charge in [-0.3, -0.25) is 14.3 Å². The van der Waals surface area contributed by atoms with E-state index in [1.807, 2.05) is 0 Å². The Morgan fingerprint density at radius 3 is 2.50 bits per heavy atom. The maximum Gasteiger partial charge on any atom is 0.408 e. The number of hydrogen-bond donors (Lipinski definition) is 1. The molecule has 2 rings (SSSR count). The molecule has 0 unspecified atom stereocenters. The van der Waals surface area contributed by atoms with Crippen LogP contribution in [0.2, 0.25) is 0 Å². The lowest BCUT2D eigenvalue weighted by atomic mass is 9.97. The molecule has 2 heterocycles. The number of hydrogen-bond acceptors (Lipinski definition) is 3. The molecule has 0 aliphatic carbocycles. The summed E-state index contributed by atoms with van der Waals surface area (Å²) in [6.45, 7) is 4.39. The molecule has 1 N–H and O–H groups in total. The first kappa shape index (κ1) is 18.3. The molecular weight excluding hydrogens is 325 g/mol. The van der Waals surface area contributed by atoms with Gasteiger partial charge in [0, 0.05) is 25.2 Å². The fraction of sp³-hybridized carbons (Fsp3) is 0.667. The monoisotopic (exact) mass is 346 g/mol. The molecule has 2 amide bonds. The molecule has 0 bridgehead atoms. The maximum atomic E-state index is 13.3. The Morgan fingerprint density at radius 2 is 2.00 bits per heavy atom. The fourth-order valence-corrected chi connectivity index (χ4v) is 3.05. The molecule has 2 atom stereocenters. The average Bonchev–Trinajstić information content (AvgIpc) is 2.74. The molecule has 1 aromatic rings. The zero-order valence-electron chi connectivity index (χ0n) is 13.9. The number of carbonyl (C=O) groups is 2. The van der Waals surface area contributed by atoms with Gasteiger partial charge in [0.25, 0.3) is 0 Å². The van der Waals surface area contributed by atoms with E-state index in [0.717, 1.165) is 4.90 Å². The van der Waals surface area contributed by atoms with E-state index in [1.54, 1.807) is 19.9 Å². The van der Waals surface area contributed by atoms with Crippen molar-refractivity contribution in [3.8, 4) is 0 Å². The minimum atomic E-state index is -4.49. The molecule has 6 nitrogen and oxygen atoms in total. The summed E-state index contributed by atoms with van der Waals surface area (Å²) in [5.41, 5.74) is 1.40. The van der Waals surface area contributed by atoms with E-state index in [9.17, 15) is 22.8 Å². The van der Waals surface area contributed by atoms with Crippen LogP contribution in [0.15, 0.2) is 6.07 Å². The van der Waals surface area contributed by atoms with Gasteiger partial charge in [-0.2, -0.15) is 18.3 Å². The Bertz CT molecular complexity index is 627. The number of aryl methyl sites for hydroxylation is 2. The Hall–Kier alpha value is -2.06. The number of piperidine rings is 1. The third kappa shape index (κ3) is 4.27. The highest BCUT2D eigenvalue weighted by atomic mass is 19.4.